The predicted molar refractivity (Wildman–Crippen MR) is 75.5 cm³/mol. The van der Waals surface area contributed by atoms with Crippen LogP contribution in [-0.2, 0) is 9.59 Å². The fourth-order valence-electron chi connectivity index (χ4n) is 2.09. The molecule has 0 bridgehead atoms. The lowest BCUT2D eigenvalue weighted by Crippen LogP contribution is -2.53. The summed E-state index contributed by atoms with van der Waals surface area (Å²) in [6.07, 6.45) is 0.638. The van der Waals surface area contributed by atoms with Gasteiger partial charge in [-0.05, 0) is 24.6 Å². The monoisotopic (exact) mass is 287 g/mol. The third-order valence-electron chi connectivity index (χ3n) is 3.33. The number of nitrogens with zero attached hydrogens (tertiary/aromatic N) is 3. The Balaban J connectivity index is 1.76. The second-order valence-electron chi connectivity index (χ2n) is 4.86. The summed E-state index contributed by atoms with van der Waals surface area (Å²) in [7, 11) is 1.63. The third-order valence-corrected chi connectivity index (χ3v) is 3.33. The SMILES string of the molecule is CN1CCN(CCCOc2cccc(C#N)c2)C(=O)C1=O. The van der Waals surface area contributed by atoms with Crippen LogP contribution < -0.4 is 4.74 Å². The Morgan fingerprint density at radius 1 is 1.29 bits per heavy atom. The van der Waals surface area contributed by atoms with Crippen molar-refractivity contribution in [3.63, 3.8) is 0 Å². The lowest BCUT2D eigenvalue weighted by Gasteiger charge is -2.31. The van der Waals surface area contributed by atoms with E-state index in [4.69, 9.17) is 10.00 Å². The summed E-state index contributed by atoms with van der Waals surface area (Å²) in [4.78, 5) is 26.3. The van der Waals surface area contributed by atoms with E-state index in [1.54, 1.807) is 36.2 Å². The standard InChI is InChI=1S/C15H17N3O3/c1-17-7-8-18(15(20)14(17)19)6-3-9-21-13-5-2-4-12(10-13)11-16/h2,4-5,10H,3,6-9H2,1H3. The first kappa shape index (κ1) is 14.9. The van der Waals surface area contributed by atoms with Crippen LogP contribution in [0.2, 0.25) is 0 Å². The van der Waals surface area contributed by atoms with Gasteiger partial charge in [0, 0.05) is 26.7 Å². The number of likely N-dealkylation sites (N-methyl/N-ethyl adjacent to an activating group) is 1. The Morgan fingerprint density at radius 2 is 2.10 bits per heavy atom. The smallest absolute Gasteiger partial charge is 0.312 e. The molecule has 110 valence electrons. The molecule has 0 radical (unpaired) electrons. The van der Waals surface area contributed by atoms with E-state index in [9.17, 15) is 9.59 Å². The van der Waals surface area contributed by atoms with E-state index in [0.717, 1.165) is 0 Å². The summed E-state index contributed by atoms with van der Waals surface area (Å²) >= 11 is 0. The molecular formula is C15H17N3O3. The van der Waals surface area contributed by atoms with Gasteiger partial charge in [-0.2, -0.15) is 5.26 Å². The van der Waals surface area contributed by atoms with Gasteiger partial charge in [-0.3, -0.25) is 9.59 Å². The number of amides is 2. The van der Waals surface area contributed by atoms with E-state index in [1.807, 2.05) is 6.07 Å². The molecule has 6 nitrogen and oxygen atoms in total. The maximum absolute atomic E-state index is 11.7. The molecule has 2 rings (SSSR count). The summed E-state index contributed by atoms with van der Waals surface area (Å²) in [6, 6.07) is 8.97. The maximum atomic E-state index is 11.7. The topological polar surface area (TPSA) is 73.6 Å². The van der Waals surface area contributed by atoms with Gasteiger partial charge >= 0.3 is 11.8 Å². The van der Waals surface area contributed by atoms with E-state index in [-0.39, 0.29) is 0 Å². The number of piperazine rings is 1. The van der Waals surface area contributed by atoms with Gasteiger partial charge in [-0.1, -0.05) is 6.07 Å². The van der Waals surface area contributed by atoms with E-state index in [2.05, 4.69) is 0 Å². The molecule has 0 atom stereocenters. The predicted octanol–water partition coefficient (Wildman–Crippen LogP) is 0.628. The summed E-state index contributed by atoms with van der Waals surface area (Å²) in [5.41, 5.74) is 0.548. The van der Waals surface area contributed by atoms with Gasteiger partial charge in [-0.15, -0.1) is 0 Å². The third kappa shape index (κ3) is 3.72. The first-order valence-corrected chi connectivity index (χ1v) is 6.79. The average Bonchev–Trinajstić information content (AvgIpc) is 2.51. The molecular weight excluding hydrogens is 270 g/mol. The fraction of sp³-hybridized carbons (Fsp3) is 0.400. The number of nitriles is 1. The van der Waals surface area contributed by atoms with Crippen molar-refractivity contribution in [2.45, 2.75) is 6.42 Å². The van der Waals surface area contributed by atoms with Gasteiger partial charge in [0.1, 0.15) is 5.75 Å². The molecule has 0 saturated carbocycles. The Morgan fingerprint density at radius 3 is 2.86 bits per heavy atom. The lowest BCUT2D eigenvalue weighted by molar-refractivity contribution is -0.155. The van der Waals surface area contributed by atoms with Gasteiger partial charge in [0.15, 0.2) is 0 Å². The minimum Gasteiger partial charge on any atom is -0.493 e. The zero-order valence-corrected chi connectivity index (χ0v) is 11.9. The Hall–Kier alpha value is -2.55. The van der Waals surface area contributed by atoms with Crippen molar-refractivity contribution in [1.82, 2.24) is 9.80 Å². The van der Waals surface area contributed by atoms with Crippen LogP contribution in [0.1, 0.15) is 12.0 Å². The Bertz CT molecular complexity index is 580. The van der Waals surface area contributed by atoms with E-state index in [1.165, 1.54) is 4.90 Å². The Labute approximate surface area is 123 Å². The van der Waals surface area contributed by atoms with Crippen molar-refractivity contribution in [1.29, 1.82) is 5.26 Å². The highest BCUT2D eigenvalue weighted by Gasteiger charge is 2.29. The normalized spacial score (nSPS) is 15.0. The van der Waals surface area contributed by atoms with Crippen molar-refractivity contribution in [2.75, 3.05) is 33.3 Å². The van der Waals surface area contributed by atoms with E-state index >= 15 is 0 Å². The number of benzene rings is 1. The molecule has 2 amide bonds. The summed E-state index contributed by atoms with van der Waals surface area (Å²) in [6.45, 7) is 2.06. The van der Waals surface area contributed by atoms with Crippen LogP contribution in [0.15, 0.2) is 24.3 Å². The number of carbonyl (C=O) groups excluding carboxylic acids is 2. The zero-order valence-electron chi connectivity index (χ0n) is 11.9. The molecule has 0 spiro atoms. The minimum atomic E-state index is -0.455. The molecule has 0 unspecified atom stereocenters. The summed E-state index contributed by atoms with van der Waals surface area (Å²) in [5.74, 6) is -0.269. The van der Waals surface area contributed by atoms with Crippen molar-refractivity contribution in [2.24, 2.45) is 0 Å². The molecule has 0 N–H and O–H groups in total. The molecule has 21 heavy (non-hydrogen) atoms. The Kier molecular flexibility index (Phi) is 4.77. The summed E-state index contributed by atoms with van der Waals surface area (Å²) in [5, 5.41) is 8.79. The quantitative estimate of drug-likeness (QED) is 0.588. The number of rotatable bonds is 5. The van der Waals surface area contributed by atoms with Crippen LogP contribution in [0.25, 0.3) is 0 Å². The minimum absolute atomic E-state index is 0.433. The van der Waals surface area contributed by atoms with Crippen molar-refractivity contribution >= 4 is 11.8 Å². The van der Waals surface area contributed by atoms with Gasteiger partial charge in [0.2, 0.25) is 0 Å². The molecule has 1 saturated heterocycles. The van der Waals surface area contributed by atoms with Crippen LogP contribution in [0.3, 0.4) is 0 Å². The van der Waals surface area contributed by atoms with Crippen molar-refractivity contribution in [3.05, 3.63) is 29.8 Å². The van der Waals surface area contributed by atoms with Crippen LogP contribution in [-0.4, -0.2) is 54.9 Å². The first-order chi connectivity index (χ1) is 10.1. The first-order valence-electron chi connectivity index (χ1n) is 6.79. The van der Waals surface area contributed by atoms with E-state index < -0.39 is 11.8 Å². The molecule has 1 aliphatic rings. The number of hydrogen-bond acceptors (Lipinski definition) is 4. The highest BCUT2D eigenvalue weighted by Crippen LogP contribution is 2.13. The molecule has 0 aliphatic carbocycles. The van der Waals surface area contributed by atoms with Crippen LogP contribution in [0.4, 0.5) is 0 Å². The second kappa shape index (κ2) is 6.75. The second-order valence-corrected chi connectivity index (χ2v) is 4.86. The van der Waals surface area contributed by atoms with Gasteiger partial charge in [0.25, 0.3) is 0 Å². The number of carbonyl (C=O) groups is 2. The van der Waals surface area contributed by atoms with Gasteiger partial charge in [-0.25, -0.2) is 0 Å². The largest absolute Gasteiger partial charge is 0.493 e. The lowest BCUT2D eigenvalue weighted by atomic mass is 10.2. The number of ether oxygens (including phenoxy) is 1. The maximum Gasteiger partial charge on any atom is 0.312 e. The van der Waals surface area contributed by atoms with Crippen LogP contribution >= 0.6 is 0 Å². The molecule has 6 heteroatoms. The molecule has 1 heterocycles. The highest BCUT2D eigenvalue weighted by atomic mass is 16.5. The molecule has 1 aliphatic heterocycles. The van der Waals surface area contributed by atoms with Crippen molar-refractivity contribution < 1.29 is 14.3 Å². The van der Waals surface area contributed by atoms with Crippen molar-refractivity contribution in [3.8, 4) is 11.8 Å². The highest BCUT2D eigenvalue weighted by molar-refractivity contribution is 6.35. The number of hydrogen-bond donors (Lipinski definition) is 0. The molecule has 0 aromatic heterocycles. The van der Waals surface area contributed by atoms with Gasteiger partial charge in [0.05, 0.1) is 18.2 Å². The zero-order chi connectivity index (χ0) is 15.2. The molecule has 1 fully saturated rings. The van der Waals surface area contributed by atoms with Crippen LogP contribution in [0.5, 0.6) is 5.75 Å². The van der Waals surface area contributed by atoms with Gasteiger partial charge < -0.3 is 14.5 Å². The molecule has 1 aromatic carbocycles. The van der Waals surface area contributed by atoms with E-state index in [0.29, 0.717) is 44.0 Å². The fourth-order valence-corrected chi connectivity index (χ4v) is 2.09. The van der Waals surface area contributed by atoms with Crippen LogP contribution in [0, 0.1) is 11.3 Å². The summed E-state index contributed by atoms with van der Waals surface area (Å²) < 4.78 is 5.54. The molecule has 1 aromatic rings. The average molecular weight is 287 g/mol.